The molecule has 102 valence electrons. The number of aromatic nitrogens is 2. The van der Waals surface area contributed by atoms with E-state index in [0.717, 1.165) is 22.3 Å². The van der Waals surface area contributed by atoms with Gasteiger partial charge in [0.2, 0.25) is 0 Å². The second-order valence-electron chi connectivity index (χ2n) is 4.37. The Morgan fingerprint density at radius 2 is 2.15 bits per heavy atom. The first-order valence-corrected chi connectivity index (χ1v) is 6.38. The summed E-state index contributed by atoms with van der Waals surface area (Å²) in [6.07, 6.45) is 1.74. The Bertz CT molecular complexity index is 769. The summed E-state index contributed by atoms with van der Waals surface area (Å²) in [5.41, 5.74) is 9.22. The monoisotopic (exact) mass is 288 g/mol. The molecule has 1 aromatic heterocycles. The maximum atomic E-state index is 6.10. The third-order valence-corrected chi connectivity index (χ3v) is 3.34. The molecule has 0 aliphatic carbocycles. The van der Waals surface area contributed by atoms with Crippen LogP contribution in [0.3, 0.4) is 0 Å². The fourth-order valence-corrected chi connectivity index (χ4v) is 2.27. The molecular formula is C14H13ClN4O. The molecule has 6 heteroatoms. The minimum absolute atomic E-state index is 0.540. The number of anilines is 3. The van der Waals surface area contributed by atoms with Crippen LogP contribution in [0.5, 0.6) is 5.75 Å². The summed E-state index contributed by atoms with van der Waals surface area (Å²) in [7, 11) is 1.58. The normalized spacial score (nSPS) is 10.7. The quantitative estimate of drug-likeness (QED) is 0.644. The lowest BCUT2D eigenvalue weighted by atomic mass is 10.2. The highest BCUT2D eigenvalue weighted by molar-refractivity contribution is 6.32. The largest absolute Gasteiger partial charge is 0.495 e. The van der Waals surface area contributed by atoms with Crippen molar-refractivity contribution in [3.63, 3.8) is 0 Å². The summed E-state index contributed by atoms with van der Waals surface area (Å²) in [6.45, 7) is 0. The number of benzene rings is 2. The zero-order valence-electron chi connectivity index (χ0n) is 10.8. The van der Waals surface area contributed by atoms with Crippen molar-refractivity contribution in [1.29, 1.82) is 0 Å². The van der Waals surface area contributed by atoms with Crippen LogP contribution < -0.4 is 15.8 Å². The number of ether oxygens (including phenoxy) is 1. The van der Waals surface area contributed by atoms with Gasteiger partial charge in [0.05, 0.1) is 35.2 Å². The fourth-order valence-electron chi connectivity index (χ4n) is 2.02. The van der Waals surface area contributed by atoms with E-state index in [4.69, 9.17) is 22.1 Å². The van der Waals surface area contributed by atoms with Crippen LogP contribution in [0.25, 0.3) is 10.9 Å². The van der Waals surface area contributed by atoms with Crippen molar-refractivity contribution in [2.24, 2.45) is 0 Å². The summed E-state index contributed by atoms with van der Waals surface area (Å²) < 4.78 is 5.12. The number of fused-ring (bicyclic) bond motifs is 1. The molecule has 0 aliphatic heterocycles. The highest BCUT2D eigenvalue weighted by Gasteiger charge is 2.06. The first-order valence-electron chi connectivity index (χ1n) is 6.00. The average Bonchev–Trinajstić information content (AvgIpc) is 2.86. The summed E-state index contributed by atoms with van der Waals surface area (Å²) in [5, 5.41) is 11.6. The van der Waals surface area contributed by atoms with Gasteiger partial charge in [-0.3, -0.25) is 5.10 Å². The number of rotatable bonds is 3. The zero-order valence-corrected chi connectivity index (χ0v) is 11.5. The van der Waals surface area contributed by atoms with Gasteiger partial charge in [-0.15, -0.1) is 0 Å². The molecule has 3 rings (SSSR count). The molecule has 0 atom stereocenters. The van der Waals surface area contributed by atoms with Gasteiger partial charge >= 0.3 is 0 Å². The van der Waals surface area contributed by atoms with E-state index < -0.39 is 0 Å². The van der Waals surface area contributed by atoms with E-state index >= 15 is 0 Å². The van der Waals surface area contributed by atoms with Crippen LogP contribution in [0.1, 0.15) is 0 Å². The summed E-state index contributed by atoms with van der Waals surface area (Å²) in [4.78, 5) is 0. The molecule has 20 heavy (non-hydrogen) atoms. The average molecular weight is 289 g/mol. The Morgan fingerprint density at radius 1 is 1.30 bits per heavy atom. The maximum Gasteiger partial charge on any atom is 0.137 e. The number of hydrogen-bond donors (Lipinski definition) is 3. The van der Waals surface area contributed by atoms with Gasteiger partial charge in [-0.05, 0) is 30.3 Å². The van der Waals surface area contributed by atoms with E-state index in [-0.39, 0.29) is 0 Å². The number of methoxy groups -OCH3 is 1. The summed E-state index contributed by atoms with van der Waals surface area (Å²) >= 11 is 6.10. The molecular weight excluding hydrogens is 276 g/mol. The molecule has 0 amide bonds. The molecule has 0 unspecified atom stereocenters. The lowest BCUT2D eigenvalue weighted by Crippen LogP contribution is -1.96. The lowest BCUT2D eigenvalue weighted by molar-refractivity contribution is 0.415. The molecule has 0 radical (unpaired) electrons. The molecule has 0 saturated heterocycles. The lowest BCUT2D eigenvalue weighted by Gasteiger charge is -2.11. The van der Waals surface area contributed by atoms with E-state index in [2.05, 4.69) is 15.5 Å². The van der Waals surface area contributed by atoms with Gasteiger partial charge in [0.15, 0.2) is 0 Å². The van der Waals surface area contributed by atoms with Gasteiger partial charge in [-0.2, -0.15) is 5.10 Å². The van der Waals surface area contributed by atoms with Crippen molar-refractivity contribution in [2.45, 2.75) is 0 Å². The Morgan fingerprint density at radius 3 is 2.90 bits per heavy atom. The Balaban J connectivity index is 1.96. The molecule has 1 heterocycles. The minimum Gasteiger partial charge on any atom is -0.495 e. The van der Waals surface area contributed by atoms with Crippen LogP contribution >= 0.6 is 11.6 Å². The SMILES string of the molecule is COc1ccc(Nc2cc3[nH]ncc3cc2N)cc1Cl. The number of nitrogens with zero attached hydrogens (tertiary/aromatic N) is 1. The number of halogens is 1. The van der Waals surface area contributed by atoms with Gasteiger partial charge in [0.25, 0.3) is 0 Å². The van der Waals surface area contributed by atoms with Gasteiger partial charge in [-0.1, -0.05) is 11.6 Å². The molecule has 0 spiro atoms. The van der Waals surface area contributed by atoms with Crippen LogP contribution in [0.2, 0.25) is 5.02 Å². The molecule has 0 aliphatic rings. The van der Waals surface area contributed by atoms with Crippen LogP contribution in [0, 0.1) is 0 Å². The number of nitrogens with two attached hydrogens (primary N) is 1. The van der Waals surface area contributed by atoms with Crippen LogP contribution in [0.15, 0.2) is 36.5 Å². The van der Waals surface area contributed by atoms with Crippen molar-refractivity contribution in [2.75, 3.05) is 18.2 Å². The summed E-state index contributed by atoms with van der Waals surface area (Å²) in [5.74, 6) is 0.634. The molecule has 0 saturated carbocycles. The van der Waals surface area contributed by atoms with Crippen molar-refractivity contribution in [3.8, 4) is 5.75 Å². The van der Waals surface area contributed by atoms with Crippen molar-refractivity contribution in [3.05, 3.63) is 41.6 Å². The number of hydrogen-bond acceptors (Lipinski definition) is 4. The Hall–Kier alpha value is -2.40. The van der Waals surface area contributed by atoms with E-state index in [1.54, 1.807) is 25.4 Å². The first-order chi connectivity index (χ1) is 9.67. The number of nitrogens with one attached hydrogen (secondary N) is 2. The van der Waals surface area contributed by atoms with Crippen LogP contribution in [-0.4, -0.2) is 17.3 Å². The zero-order chi connectivity index (χ0) is 14.1. The van der Waals surface area contributed by atoms with Crippen LogP contribution in [0.4, 0.5) is 17.1 Å². The molecule has 3 aromatic rings. The van der Waals surface area contributed by atoms with E-state index in [0.29, 0.717) is 16.5 Å². The minimum atomic E-state index is 0.540. The molecule has 4 N–H and O–H groups in total. The van der Waals surface area contributed by atoms with E-state index in [1.807, 2.05) is 18.2 Å². The Kier molecular flexibility index (Phi) is 3.12. The summed E-state index contributed by atoms with van der Waals surface area (Å²) in [6, 6.07) is 9.25. The number of H-pyrrole nitrogens is 1. The van der Waals surface area contributed by atoms with Crippen LogP contribution in [-0.2, 0) is 0 Å². The maximum absolute atomic E-state index is 6.10. The highest BCUT2D eigenvalue weighted by atomic mass is 35.5. The Labute approximate surface area is 120 Å². The van der Waals surface area contributed by atoms with Gasteiger partial charge in [0, 0.05) is 11.1 Å². The molecule has 2 aromatic carbocycles. The van der Waals surface area contributed by atoms with E-state index in [1.165, 1.54) is 0 Å². The first kappa shape index (κ1) is 12.6. The van der Waals surface area contributed by atoms with E-state index in [9.17, 15) is 0 Å². The standard InChI is InChI=1S/C14H13ClN4O/c1-20-14-3-2-9(5-10(14)15)18-13-6-12-8(4-11(13)16)7-17-19-12/h2-7,18H,16H2,1H3,(H,17,19). The van der Waals surface area contributed by atoms with Gasteiger partial charge in [0.1, 0.15) is 5.75 Å². The van der Waals surface area contributed by atoms with Gasteiger partial charge in [-0.25, -0.2) is 0 Å². The van der Waals surface area contributed by atoms with Gasteiger partial charge < -0.3 is 15.8 Å². The molecule has 5 nitrogen and oxygen atoms in total. The third kappa shape index (κ3) is 2.23. The highest BCUT2D eigenvalue weighted by Crippen LogP contribution is 2.31. The number of nitrogen functional groups attached to an aromatic ring is 1. The topological polar surface area (TPSA) is 76.0 Å². The second kappa shape index (κ2) is 4.94. The fraction of sp³-hybridized carbons (Fsp3) is 0.0714. The predicted molar refractivity (Wildman–Crippen MR) is 81.8 cm³/mol. The molecule has 0 fully saturated rings. The predicted octanol–water partition coefficient (Wildman–Crippen LogP) is 3.55. The molecule has 0 bridgehead atoms. The van der Waals surface area contributed by atoms with Crippen molar-refractivity contribution >= 4 is 39.6 Å². The smallest absolute Gasteiger partial charge is 0.137 e. The van der Waals surface area contributed by atoms with Crippen molar-refractivity contribution in [1.82, 2.24) is 10.2 Å². The second-order valence-corrected chi connectivity index (χ2v) is 4.78. The number of aromatic amines is 1. The third-order valence-electron chi connectivity index (χ3n) is 3.04. The van der Waals surface area contributed by atoms with Crippen molar-refractivity contribution < 1.29 is 4.74 Å².